The van der Waals surface area contributed by atoms with Crippen LogP contribution in [0.4, 0.5) is 0 Å². The number of imidazole rings is 1. The van der Waals surface area contributed by atoms with E-state index < -0.39 is 5.60 Å². The number of fused-ring (bicyclic) bond motifs is 1. The fourth-order valence-corrected chi connectivity index (χ4v) is 3.79. The lowest BCUT2D eigenvalue weighted by Gasteiger charge is -2.38. The van der Waals surface area contributed by atoms with Gasteiger partial charge in [-0.05, 0) is 32.8 Å². The first-order valence-corrected chi connectivity index (χ1v) is 9.54. The van der Waals surface area contributed by atoms with Gasteiger partial charge in [-0.2, -0.15) is 0 Å². The number of ether oxygens (including phenoxy) is 3. The summed E-state index contributed by atoms with van der Waals surface area (Å²) in [5.41, 5.74) is 0.413. The van der Waals surface area contributed by atoms with Crippen LogP contribution in [0.1, 0.15) is 31.2 Å². The molecule has 2 aliphatic heterocycles. The zero-order valence-corrected chi connectivity index (χ0v) is 16.0. The minimum Gasteiger partial charge on any atom is -0.493 e. The molecular formula is C20H27N3O4. The molecule has 2 aromatic rings. The van der Waals surface area contributed by atoms with Crippen LogP contribution in [0.15, 0.2) is 24.5 Å². The third-order valence-corrected chi connectivity index (χ3v) is 5.42. The zero-order valence-electron chi connectivity index (χ0n) is 16.0. The van der Waals surface area contributed by atoms with E-state index in [2.05, 4.69) is 9.88 Å². The Morgan fingerprint density at radius 1 is 1.22 bits per heavy atom. The molecule has 0 amide bonds. The van der Waals surface area contributed by atoms with Gasteiger partial charge in [-0.1, -0.05) is 0 Å². The summed E-state index contributed by atoms with van der Waals surface area (Å²) in [6, 6.07) is 3.94. The van der Waals surface area contributed by atoms with Crippen molar-refractivity contribution in [1.82, 2.24) is 14.5 Å². The van der Waals surface area contributed by atoms with E-state index in [4.69, 9.17) is 14.2 Å². The minimum atomic E-state index is -0.681. The average Bonchev–Trinajstić information content (AvgIpc) is 3.26. The number of aliphatic hydroxyl groups is 1. The maximum Gasteiger partial charge on any atom is 0.231 e. The SMILES string of the molecule is CCOc1cc2c(cc1CN1CCC(O)(Cn3ccnc3C)CC1)OCO2. The summed E-state index contributed by atoms with van der Waals surface area (Å²) in [6.45, 7) is 7.85. The number of benzene rings is 1. The third-order valence-electron chi connectivity index (χ3n) is 5.42. The summed E-state index contributed by atoms with van der Waals surface area (Å²) in [5.74, 6) is 3.30. The number of hydrogen-bond acceptors (Lipinski definition) is 6. The number of hydrogen-bond donors (Lipinski definition) is 1. The van der Waals surface area contributed by atoms with E-state index >= 15 is 0 Å². The van der Waals surface area contributed by atoms with Gasteiger partial charge in [0.2, 0.25) is 6.79 Å². The largest absolute Gasteiger partial charge is 0.493 e. The van der Waals surface area contributed by atoms with Crippen molar-refractivity contribution in [1.29, 1.82) is 0 Å². The molecule has 4 rings (SSSR count). The van der Waals surface area contributed by atoms with Crippen molar-refractivity contribution in [3.8, 4) is 17.2 Å². The molecule has 7 nitrogen and oxygen atoms in total. The Kier molecular flexibility index (Phi) is 4.97. The highest BCUT2D eigenvalue weighted by molar-refractivity contribution is 5.51. The molecule has 0 radical (unpaired) electrons. The van der Waals surface area contributed by atoms with Crippen LogP contribution in [0.25, 0.3) is 0 Å². The van der Waals surface area contributed by atoms with Gasteiger partial charge in [-0.3, -0.25) is 4.90 Å². The Morgan fingerprint density at radius 3 is 2.63 bits per heavy atom. The van der Waals surface area contributed by atoms with E-state index in [-0.39, 0.29) is 6.79 Å². The molecule has 0 aliphatic carbocycles. The van der Waals surface area contributed by atoms with E-state index in [9.17, 15) is 5.11 Å². The molecule has 1 fully saturated rings. The predicted octanol–water partition coefficient (Wildman–Crippen LogP) is 2.35. The third kappa shape index (κ3) is 3.89. The highest BCUT2D eigenvalue weighted by Gasteiger charge is 2.33. The quantitative estimate of drug-likeness (QED) is 0.838. The van der Waals surface area contributed by atoms with E-state index in [0.717, 1.165) is 61.1 Å². The molecule has 0 bridgehead atoms. The lowest BCUT2D eigenvalue weighted by molar-refractivity contribution is -0.0362. The molecule has 27 heavy (non-hydrogen) atoms. The van der Waals surface area contributed by atoms with Crippen molar-refractivity contribution < 1.29 is 19.3 Å². The Morgan fingerprint density at radius 2 is 1.96 bits per heavy atom. The Bertz CT molecular complexity index is 797. The Hall–Kier alpha value is -2.25. The normalized spacial score (nSPS) is 18.6. The van der Waals surface area contributed by atoms with Crippen molar-refractivity contribution in [3.63, 3.8) is 0 Å². The van der Waals surface area contributed by atoms with Crippen molar-refractivity contribution >= 4 is 0 Å². The molecule has 2 aliphatic rings. The van der Waals surface area contributed by atoms with E-state index in [1.54, 1.807) is 6.20 Å². The summed E-state index contributed by atoms with van der Waals surface area (Å²) < 4.78 is 18.8. The summed E-state index contributed by atoms with van der Waals surface area (Å²) in [5, 5.41) is 11.0. The lowest BCUT2D eigenvalue weighted by atomic mass is 9.91. The highest BCUT2D eigenvalue weighted by Crippen LogP contribution is 2.39. The average molecular weight is 373 g/mol. The smallest absolute Gasteiger partial charge is 0.231 e. The van der Waals surface area contributed by atoms with Crippen molar-refractivity contribution in [2.75, 3.05) is 26.5 Å². The van der Waals surface area contributed by atoms with E-state index in [0.29, 0.717) is 13.2 Å². The predicted molar refractivity (Wildman–Crippen MR) is 100 cm³/mol. The van der Waals surface area contributed by atoms with Gasteiger partial charge in [0, 0.05) is 43.7 Å². The second-order valence-corrected chi connectivity index (χ2v) is 7.35. The van der Waals surface area contributed by atoms with Gasteiger partial charge in [-0.25, -0.2) is 4.98 Å². The molecule has 0 saturated carbocycles. The van der Waals surface area contributed by atoms with Crippen LogP contribution in [0, 0.1) is 6.92 Å². The van der Waals surface area contributed by atoms with E-state index in [1.807, 2.05) is 36.7 Å². The maximum absolute atomic E-state index is 11.0. The molecule has 0 unspecified atom stereocenters. The fourth-order valence-electron chi connectivity index (χ4n) is 3.79. The molecule has 1 saturated heterocycles. The highest BCUT2D eigenvalue weighted by atomic mass is 16.7. The first-order chi connectivity index (χ1) is 13.1. The first kappa shape index (κ1) is 18.1. The van der Waals surface area contributed by atoms with Crippen molar-refractivity contribution in [2.45, 2.75) is 45.4 Å². The monoisotopic (exact) mass is 373 g/mol. The molecule has 1 N–H and O–H groups in total. The number of nitrogens with zero attached hydrogens (tertiary/aromatic N) is 3. The summed E-state index contributed by atoms with van der Waals surface area (Å²) >= 11 is 0. The molecular weight excluding hydrogens is 346 g/mol. The van der Waals surface area contributed by atoms with E-state index in [1.165, 1.54) is 0 Å². The zero-order chi connectivity index (χ0) is 18.9. The van der Waals surface area contributed by atoms with Gasteiger partial charge in [0.15, 0.2) is 11.5 Å². The molecule has 3 heterocycles. The number of aryl methyl sites for hydroxylation is 1. The lowest BCUT2D eigenvalue weighted by Crippen LogP contribution is -2.46. The van der Waals surface area contributed by atoms with Gasteiger partial charge in [-0.15, -0.1) is 0 Å². The molecule has 0 atom stereocenters. The summed E-state index contributed by atoms with van der Waals surface area (Å²) in [6.07, 6.45) is 5.18. The first-order valence-electron chi connectivity index (χ1n) is 9.54. The standard InChI is InChI=1S/C20H27N3O4/c1-3-25-17-11-19-18(26-14-27-19)10-16(17)12-22-7-4-20(24,5-8-22)13-23-9-6-21-15(23)2/h6,9-11,24H,3-5,7-8,12-14H2,1-2H3. The summed E-state index contributed by atoms with van der Waals surface area (Å²) in [7, 11) is 0. The number of likely N-dealkylation sites (tertiary alicyclic amines) is 1. The van der Waals surface area contributed by atoms with Gasteiger partial charge < -0.3 is 23.9 Å². The number of piperidine rings is 1. The van der Waals surface area contributed by atoms with Crippen molar-refractivity contribution in [3.05, 3.63) is 35.9 Å². The topological polar surface area (TPSA) is 69.0 Å². The maximum atomic E-state index is 11.0. The Balaban J connectivity index is 1.41. The second-order valence-electron chi connectivity index (χ2n) is 7.35. The molecule has 146 valence electrons. The van der Waals surface area contributed by atoms with Crippen LogP contribution in [0.2, 0.25) is 0 Å². The van der Waals surface area contributed by atoms with Crippen molar-refractivity contribution in [2.24, 2.45) is 0 Å². The molecule has 1 aromatic heterocycles. The van der Waals surface area contributed by atoms with Gasteiger partial charge in [0.1, 0.15) is 11.6 Å². The molecule has 7 heteroatoms. The Labute approximate surface area is 159 Å². The van der Waals surface area contributed by atoms with Crippen LogP contribution < -0.4 is 14.2 Å². The van der Waals surface area contributed by atoms with Crippen LogP contribution in [-0.4, -0.2) is 51.6 Å². The van der Waals surface area contributed by atoms with Crippen LogP contribution in [0.5, 0.6) is 17.2 Å². The minimum absolute atomic E-state index is 0.259. The van der Waals surface area contributed by atoms with Crippen LogP contribution in [0.3, 0.4) is 0 Å². The molecule has 1 aromatic carbocycles. The van der Waals surface area contributed by atoms with Crippen LogP contribution >= 0.6 is 0 Å². The summed E-state index contributed by atoms with van der Waals surface area (Å²) in [4.78, 5) is 6.60. The molecule has 0 spiro atoms. The number of rotatable bonds is 6. The van der Waals surface area contributed by atoms with Gasteiger partial charge >= 0.3 is 0 Å². The van der Waals surface area contributed by atoms with Gasteiger partial charge in [0.05, 0.1) is 18.8 Å². The second kappa shape index (κ2) is 7.40. The fraction of sp³-hybridized carbons (Fsp3) is 0.550. The van der Waals surface area contributed by atoms with Crippen LogP contribution in [-0.2, 0) is 13.1 Å². The number of aromatic nitrogens is 2. The van der Waals surface area contributed by atoms with Gasteiger partial charge in [0.25, 0.3) is 0 Å².